The summed E-state index contributed by atoms with van der Waals surface area (Å²) >= 11 is 0. The Morgan fingerprint density at radius 2 is 1.90 bits per heavy atom. The number of carbonyl (C=O) groups is 1. The molecule has 118 valence electrons. The van der Waals surface area contributed by atoms with Crippen LogP contribution in [0.1, 0.15) is 60.8 Å². The summed E-state index contributed by atoms with van der Waals surface area (Å²) in [5.41, 5.74) is -0.438. The second kappa shape index (κ2) is 7.30. The summed E-state index contributed by atoms with van der Waals surface area (Å²) in [5, 5.41) is 6.44. The summed E-state index contributed by atoms with van der Waals surface area (Å²) in [6, 6.07) is 0.670. The summed E-state index contributed by atoms with van der Waals surface area (Å²) < 4.78 is 5.25. The molecule has 4 heteroatoms. The number of hydrogen-bond acceptors (Lipinski definition) is 3. The second-order valence-electron chi connectivity index (χ2n) is 7.42. The van der Waals surface area contributed by atoms with Gasteiger partial charge >= 0.3 is 6.09 Å². The maximum atomic E-state index is 11.7. The molecule has 1 saturated carbocycles. The van der Waals surface area contributed by atoms with Gasteiger partial charge < -0.3 is 15.4 Å². The van der Waals surface area contributed by atoms with Crippen molar-refractivity contribution in [1.82, 2.24) is 10.6 Å². The van der Waals surface area contributed by atoms with E-state index in [1.165, 1.54) is 19.3 Å². The molecule has 1 aliphatic rings. The first-order valence-electron chi connectivity index (χ1n) is 7.90. The molecule has 1 amide bonds. The predicted octanol–water partition coefficient (Wildman–Crippen LogP) is 3.31. The zero-order valence-corrected chi connectivity index (χ0v) is 14.0. The third-order valence-corrected chi connectivity index (χ3v) is 4.07. The molecule has 0 aromatic carbocycles. The smallest absolute Gasteiger partial charge is 0.407 e. The van der Waals surface area contributed by atoms with Crippen molar-refractivity contribution in [2.24, 2.45) is 11.8 Å². The molecule has 4 atom stereocenters. The molecule has 0 bridgehead atoms. The van der Waals surface area contributed by atoms with E-state index < -0.39 is 5.60 Å². The van der Waals surface area contributed by atoms with Crippen LogP contribution >= 0.6 is 0 Å². The summed E-state index contributed by atoms with van der Waals surface area (Å²) in [6.45, 7) is 13.1. The lowest BCUT2D eigenvalue weighted by molar-refractivity contribution is 0.0506. The van der Waals surface area contributed by atoms with Crippen LogP contribution in [-0.2, 0) is 4.74 Å². The number of amides is 1. The number of hydrogen-bond donors (Lipinski definition) is 2. The van der Waals surface area contributed by atoms with Crippen molar-refractivity contribution in [3.8, 4) is 0 Å². The van der Waals surface area contributed by atoms with Gasteiger partial charge in [-0.2, -0.15) is 0 Å². The van der Waals surface area contributed by atoms with Gasteiger partial charge in [0.05, 0.1) is 0 Å². The molecule has 0 heterocycles. The maximum absolute atomic E-state index is 11.7. The second-order valence-corrected chi connectivity index (χ2v) is 7.42. The van der Waals surface area contributed by atoms with Crippen LogP contribution in [0.3, 0.4) is 0 Å². The van der Waals surface area contributed by atoms with Crippen LogP contribution < -0.4 is 10.6 Å². The highest BCUT2D eigenvalue weighted by Gasteiger charge is 2.24. The van der Waals surface area contributed by atoms with Crippen LogP contribution in [0.2, 0.25) is 0 Å². The highest BCUT2D eigenvalue weighted by atomic mass is 16.6. The van der Waals surface area contributed by atoms with Gasteiger partial charge in [0, 0.05) is 18.6 Å². The normalized spacial score (nSPS) is 28.8. The zero-order valence-electron chi connectivity index (χ0n) is 14.0. The first-order valence-corrected chi connectivity index (χ1v) is 7.90. The Bertz CT molecular complexity index is 312. The minimum absolute atomic E-state index is 0.0829. The topological polar surface area (TPSA) is 50.4 Å². The molecular weight excluding hydrogens is 252 g/mol. The molecule has 0 saturated heterocycles. The van der Waals surface area contributed by atoms with E-state index >= 15 is 0 Å². The van der Waals surface area contributed by atoms with Gasteiger partial charge in [-0.05, 0) is 58.8 Å². The Labute approximate surface area is 124 Å². The van der Waals surface area contributed by atoms with Crippen molar-refractivity contribution in [1.29, 1.82) is 0 Å². The van der Waals surface area contributed by atoms with Gasteiger partial charge in [0.1, 0.15) is 5.60 Å². The Hall–Kier alpha value is -0.770. The van der Waals surface area contributed by atoms with Crippen molar-refractivity contribution in [3.63, 3.8) is 0 Å². The number of nitrogens with one attached hydrogen (secondary N) is 2. The first kappa shape index (κ1) is 17.3. The van der Waals surface area contributed by atoms with Crippen molar-refractivity contribution in [2.45, 2.75) is 78.5 Å². The molecule has 4 unspecified atom stereocenters. The van der Waals surface area contributed by atoms with Crippen LogP contribution in [0.4, 0.5) is 4.79 Å². The number of carbonyl (C=O) groups excluding carboxylic acids is 1. The molecule has 1 rings (SSSR count). The lowest BCUT2D eigenvalue weighted by Crippen LogP contribution is -2.46. The Kier molecular flexibility index (Phi) is 6.31. The Balaban J connectivity index is 2.23. The standard InChI is InChI=1S/C16H32N2O2/c1-11-7-8-14(9-12(11)2)17-10-13(3)18-15(19)20-16(4,5)6/h11-14,17H,7-10H2,1-6H3,(H,18,19). The monoisotopic (exact) mass is 284 g/mol. The average Bonchev–Trinajstić information content (AvgIpc) is 2.28. The van der Waals surface area contributed by atoms with Crippen molar-refractivity contribution in [3.05, 3.63) is 0 Å². The Morgan fingerprint density at radius 3 is 2.45 bits per heavy atom. The van der Waals surface area contributed by atoms with Crippen LogP contribution in [0.15, 0.2) is 0 Å². The van der Waals surface area contributed by atoms with E-state index in [4.69, 9.17) is 4.74 Å². The summed E-state index contributed by atoms with van der Waals surface area (Å²) in [4.78, 5) is 11.7. The van der Waals surface area contributed by atoms with E-state index in [0.717, 1.165) is 18.4 Å². The fourth-order valence-corrected chi connectivity index (χ4v) is 2.64. The summed E-state index contributed by atoms with van der Waals surface area (Å²) in [5.74, 6) is 1.63. The van der Waals surface area contributed by atoms with E-state index in [2.05, 4.69) is 24.5 Å². The lowest BCUT2D eigenvalue weighted by atomic mass is 9.79. The quantitative estimate of drug-likeness (QED) is 0.832. The zero-order chi connectivity index (χ0) is 15.3. The molecule has 0 spiro atoms. The average molecular weight is 284 g/mol. The molecule has 20 heavy (non-hydrogen) atoms. The van der Waals surface area contributed by atoms with Crippen molar-refractivity contribution < 1.29 is 9.53 Å². The van der Waals surface area contributed by atoms with E-state index in [1.54, 1.807) is 0 Å². The fourth-order valence-electron chi connectivity index (χ4n) is 2.64. The number of ether oxygens (including phenoxy) is 1. The van der Waals surface area contributed by atoms with E-state index in [9.17, 15) is 4.79 Å². The summed E-state index contributed by atoms with van der Waals surface area (Å²) in [6.07, 6.45) is 3.44. The summed E-state index contributed by atoms with van der Waals surface area (Å²) in [7, 11) is 0. The molecule has 4 nitrogen and oxygen atoms in total. The molecular formula is C16H32N2O2. The van der Waals surface area contributed by atoms with Crippen LogP contribution in [0.25, 0.3) is 0 Å². The van der Waals surface area contributed by atoms with Gasteiger partial charge in [0.15, 0.2) is 0 Å². The van der Waals surface area contributed by atoms with Crippen LogP contribution in [0, 0.1) is 11.8 Å². The molecule has 0 radical (unpaired) electrons. The van der Waals surface area contributed by atoms with Crippen LogP contribution in [-0.4, -0.2) is 30.3 Å². The molecule has 1 fully saturated rings. The Morgan fingerprint density at radius 1 is 1.25 bits per heavy atom. The molecule has 2 N–H and O–H groups in total. The van der Waals surface area contributed by atoms with Gasteiger partial charge in [-0.15, -0.1) is 0 Å². The highest BCUT2D eigenvalue weighted by molar-refractivity contribution is 5.68. The maximum Gasteiger partial charge on any atom is 0.407 e. The number of alkyl carbamates (subject to hydrolysis) is 1. The SMILES string of the molecule is CC(CNC1CCC(C)C(C)C1)NC(=O)OC(C)(C)C. The van der Waals surface area contributed by atoms with Crippen LogP contribution in [0.5, 0.6) is 0 Å². The van der Waals surface area contributed by atoms with Crippen molar-refractivity contribution in [2.75, 3.05) is 6.54 Å². The predicted molar refractivity (Wildman–Crippen MR) is 82.8 cm³/mol. The van der Waals surface area contributed by atoms with E-state index in [0.29, 0.717) is 6.04 Å². The first-order chi connectivity index (χ1) is 9.17. The highest BCUT2D eigenvalue weighted by Crippen LogP contribution is 2.29. The van der Waals surface area contributed by atoms with E-state index in [1.807, 2.05) is 27.7 Å². The minimum Gasteiger partial charge on any atom is -0.444 e. The third-order valence-electron chi connectivity index (χ3n) is 4.07. The molecule has 1 aliphatic carbocycles. The minimum atomic E-state index is -0.438. The molecule has 0 aromatic rings. The van der Waals surface area contributed by atoms with Gasteiger partial charge in [0.2, 0.25) is 0 Å². The molecule has 0 aliphatic heterocycles. The van der Waals surface area contributed by atoms with Gasteiger partial charge in [-0.3, -0.25) is 0 Å². The molecule has 0 aromatic heterocycles. The lowest BCUT2D eigenvalue weighted by Gasteiger charge is -2.33. The van der Waals surface area contributed by atoms with Gasteiger partial charge in [-0.25, -0.2) is 4.79 Å². The number of rotatable bonds is 4. The van der Waals surface area contributed by atoms with Crippen molar-refractivity contribution >= 4 is 6.09 Å². The largest absolute Gasteiger partial charge is 0.444 e. The van der Waals surface area contributed by atoms with Gasteiger partial charge in [-0.1, -0.05) is 13.8 Å². The van der Waals surface area contributed by atoms with Gasteiger partial charge in [0.25, 0.3) is 0 Å². The third kappa shape index (κ3) is 6.60. The van der Waals surface area contributed by atoms with E-state index in [-0.39, 0.29) is 12.1 Å². The fraction of sp³-hybridized carbons (Fsp3) is 0.938.